The summed E-state index contributed by atoms with van der Waals surface area (Å²) in [6.07, 6.45) is 0. The number of carbonyl (C=O) groups excluding carboxylic acids is 1. The van der Waals surface area contributed by atoms with Crippen LogP contribution in [0.5, 0.6) is 0 Å². The lowest BCUT2D eigenvalue weighted by atomic mass is 10.2. The number of rotatable bonds is 3. The number of aromatic nitrogens is 3. The van der Waals surface area contributed by atoms with Crippen molar-refractivity contribution in [1.29, 1.82) is 0 Å². The number of carbonyl (C=O) groups is 1. The zero-order valence-corrected chi connectivity index (χ0v) is 12.7. The fraction of sp³-hybridized carbons (Fsp3) is 0.125. The molecule has 3 aromatic rings. The third-order valence-electron chi connectivity index (χ3n) is 3.30. The minimum absolute atomic E-state index is 0.144. The Hall–Kier alpha value is -3.22. The maximum Gasteiger partial charge on any atom is 0.276 e. The molecule has 0 atom stereocenters. The van der Waals surface area contributed by atoms with Gasteiger partial charge in [-0.25, -0.2) is 10.1 Å². The van der Waals surface area contributed by atoms with Crippen molar-refractivity contribution in [1.82, 2.24) is 15.2 Å². The number of hydrogen-bond donors (Lipinski definition) is 2. The van der Waals surface area contributed by atoms with Gasteiger partial charge in [-0.3, -0.25) is 9.59 Å². The zero-order valence-electron chi connectivity index (χ0n) is 12.7. The Kier molecular flexibility index (Phi) is 3.76. The van der Waals surface area contributed by atoms with Crippen LogP contribution in [0.1, 0.15) is 10.5 Å². The summed E-state index contributed by atoms with van der Waals surface area (Å²) >= 11 is 0. The molecule has 7 heteroatoms. The molecule has 0 radical (unpaired) electrons. The summed E-state index contributed by atoms with van der Waals surface area (Å²) < 4.78 is 0. The molecule has 0 saturated heterocycles. The standard InChI is InChI=1S/C16H15N5O2/c1-21(2)14-7-3-10-9-11(4-5-12(10)18-14)17-16(23)13-6-8-15(22)20-19-13/h3-9H,1-2H3,(H,17,23)(H,20,22). The predicted molar refractivity (Wildman–Crippen MR) is 88.9 cm³/mol. The molecule has 0 fully saturated rings. The molecule has 0 unspecified atom stereocenters. The van der Waals surface area contributed by atoms with Crippen molar-refractivity contribution in [2.75, 3.05) is 24.3 Å². The largest absolute Gasteiger partial charge is 0.363 e. The average Bonchev–Trinajstić information content (AvgIpc) is 2.54. The molecule has 0 spiro atoms. The number of aromatic amines is 1. The first-order chi connectivity index (χ1) is 11.0. The van der Waals surface area contributed by atoms with Crippen molar-refractivity contribution >= 4 is 28.3 Å². The molecule has 0 aliphatic carbocycles. The summed E-state index contributed by atoms with van der Waals surface area (Å²) in [7, 11) is 3.86. The Labute approximate surface area is 132 Å². The van der Waals surface area contributed by atoms with Gasteiger partial charge in [0.25, 0.3) is 11.5 Å². The monoisotopic (exact) mass is 309 g/mol. The number of pyridine rings is 1. The second kappa shape index (κ2) is 5.88. The highest BCUT2D eigenvalue weighted by Crippen LogP contribution is 2.21. The third-order valence-corrected chi connectivity index (χ3v) is 3.30. The van der Waals surface area contributed by atoms with E-state index in [4.69, 9.17) is 0 Å². The molecular weight excluding hydrogens is 294 g/mol. The van der Waals surface area contributed by atoms with E-state index in [1.165, 1.54) is 12.1 Å². The number of hydrogen-bond acceptors (Lipinski definition) is 5. The summed E-state index contributed by atoms with van der Waals surface area (Å²) in [4.78, 5) is 29.5. The van der Waals surface area contributed by atoms with E-state index >= 15 is 0 Å². The molecule has 2 N–H and O–H groups in total. The molecule has 2 aromatic heterocycles. The lowest BCUT2D eigenvalue weighted by molar-refractivity contribution is 0.102. The molecule has 2 heterocycles. The number of anilines is 2. The molecule has 1 amide bonds. The van der Waals surface area contributed by atoms with Crippen LogP contribution in [0.3, 0.4) is 0 Å². The van der Waals surface area contributed by atoms with Crippen LogP contribution >= 0.6 is 0 Å². The van der Waals surface area contributed by atoms with E-state index in [0.29, 0.717) is 5.69 Å². The quantitative estimate of drug-likeness (QED) is 0.767. The first-order valence-electron chi connectivity index (χ1n) is 6.98. The van der Waals surface area contributed by atoms with Crippen molar-refractivity contribution in [3.05, 3.63) is 58.5 Å². The van der Waals surface area contributed by atoms with Gasteiger partial charge in [-0.05, 0) is 36.4 Å². The number of benzene rings is 1. The van der Waals surface area contributed by atoms with Gasteiger partial charge in [-0.2, -0.15) is 5.10 Å². The Bertz CT molecular complexity index is 913. The van der Waals surface area contributed by atoms with E-state index in [-0.39, 0.29) is 11.3 Å². The minimum Gasteiger partial charge on any atom is -0.363 e. The molecule has 7 nitrogen and oxygen atoms in total. The molecule has 1 aromatic carbocycles. The highest BCUT2D eigenvalue weighted by molar-refractivity contribution is 6.03. The SMILES string of the molecule is CN(C)c1ccc2cc(NC(=O)c3ccc(=O)[nH]n3)ccc2n1. The number of fused-ring (bicyclic) bond motifs is 1. The summed E-state index contributed by atoms with van der Waals surface area (Å²) in [5.74, 6) is 0.477. The highest BCUT2D eigenvalue weighted by Gasteiger charge is 2.08. The van der Waals surface area contributed by atoms with Crippen LogP contribution in [-0.4, -0.2) is 35.2 Å². The van der Waals surface area contributed by atoms with Gasteiger partial charge in [-0.15, -0.1) is 0 Å². The normalized spacial score (nSPS) is 10.5. The zero-order chi connectivity index (χ0) is 16.4. The Morgan fingerprint density at radius 3 is 2.65 bits per heavy atom. The summed E-state index contributed by atoms with van der Waals surface area (Å²) in [6.45, 7) is 0. The van der Waals surface area contributed by atoms with Crippen LogP contribution in [-0.2, 0) is 0 Å². The molecular formula is C16H15N5O2. The van der Waals surface area contributed by atoms with Crippen LogP contribution < -0.4 is 15.8 Å². The van der Waals surface area contributed by atoms with Gasteiger partial charge >= 0.3 is 0 Å². The van der Waals surface area contributed by atoms with Crippen LogP contribution in [0.25, 0.3) is 10.9 Å². The fourth-order valence-electron chi connectivity index (χ4n) is 2.11. The van der Waals surface area contributed by atoms with E-state index in [1.54, 1.807) is 6.07 Å². The Balaban J connectivity index is 1.85. The lowest BCUT2D eigenvalue weighted by Gasteiger charge is -2.12. The third kappa shape index (κ3) is 3.18. The van der Waals surface area contributed by atoms with Crippen molar-refractivity contribution in [2.45, 2.75) is 0 Å². The number of H-pyrrole nitrogens is 1. The molecule has 0 aliphatic heterocycles. The molecule has 116 valence electrons. The van der Waals surface area contributed by atoms with Gasteiger partial charge in [0.2, 0.25) is 0 Å². The highest BCUT2D eigenvalue weighted by atomic mass is 16.2. The Morgan fingerprint density at radius 1 is 1.13 bits per heavy atom. The van der Waals surface area contributed by atoms with Gasteiger partial charge in [0, 0.05) is 31.2 Å². The van der Waals surface area contributed by atoms with Crippen LogP contribution in [0, 0.1) is 0 Å². The second-order valence-electron chi connectivity index (χ2n) is 5.23. The topological polar surface area (TPSA) is 91.0 Å². The lowest BCUT2D eigenvalue weighted by Crippen LogP contribution is -2.17. The molecule has 23 heavy (non-hydrogen) atoms. The van der Waals surface area contributed by atoms with Gasteiger partial charge in [0.05, 0.1) is 5.52 Å². The van der Waals surface area contributed by atoms with E-state index in [9.17, 15) is 9.59 Å². The number of amides is 1. The molecule has 0 bridgehead atoms. The van der Waals surface area contributed by atoms with Gasteiger partial charge in [0.15, 0.2) is 0 Å². The first kappa shape index (κ1) is 14.7. The fourth-order valence-corrected chi connectivity index (χ4v) is 2.11. The summed E-state index contributed by atoms with van der Waals surface area (Å²) in [5, 5.41) is 9.60. The van der Waals surface area contributed by atoms with Crippen molar-refractivity contribution < 1.29 is 4.79 Å². The van der Waals surface area contributed by atoms with Crippen molar-refractivity contribution in [3.63, 3.8) is 0 Å². The van der Waals surface area contributed by atoms with E-state index in [2.05, 4.69) is 20.5 Å². The van der Waals surface area contributed by atoms with E-state index in [1.807, 2.05) is 43.3 Å². The minimum atomic E-state index is -0.390. The summed E-state index contributed by atoms with van der Waals surface area (Å²) in [5.41, 5.74) is 1.27. The van der Waals surface area contributed by atoms with Gasteiger partial charge in [0.1, 0.15) is 11.5 Å². The summed E-state index contributed by atoms with van der Waals surface area (Å²) in [6, 6.07) is 12.0. The van der Waals surface area contributed by atoms with Crippen LogP contribution in [0.4, 0.5) is 11.5 Å². The van der Waals surface area contributed by atoms with E-state index in [0.717, 1.165) is 16.7 Å². The van der Waals surface area contributed by atoms with Gasteiger partial charge in [-0.1, -0.05) is 0 Å². The smallest absolute Gasteiger partial charge is 0.276 e. The first-order valence-corrected chi connectivity index (χ1v) is 6.98. The van der Waals surface area contributed by atoms with Gasteiger partial charge < -0.3 is 10.2 Å². The molecule has 3 rings (SSSR count). The maximum atomic E-state index is 12.1. The van der Waals surface area contributed by atoms with E-state index < -0.39 is 5.91 Å². The average molecular weight is 309 g/mol. The maximum absolute atomic E-state index is 12.1. The van der Waals surface area contributed by atoms with Crippen molar-refractivity contribution in [2.24, 2.45) is 0 Å². The van der Waals surface area contributed by atoms with Crippen LogP contribution in [0.15, 0.2) is 47.3 Å². The number of nitrogens with zero attached hydrogens (tertiary/aromatic N) is 3. The molecule has 0 aliphatic rings. The molecule has 0 saturated carbocycles. The second-order valence-corrected chi connectivity index (χ2v) is 5.23. The van der Waals surface area contributed by atoms with Crippen LogP contribution in [0.2, 0.25) is 0 Å². The van der Waals surface area contributed by atoms with Crippen molar-refractivity contribution in [3.8, 4) is 0 Å². The Morgan fingerprint density at radius 2 is 1.96 bits per heavy atom. The number of nitrogens with one attached hydrogen (secondary N) is 2. The predicted octanol–water partition coefficient (Wildman–Crippen LogP) is 1.64.